The van der Waals surface area contributed by atoms with Gasteiger partial charge in [-0.1, -0.05) is 18.2 Å². The van der Waals surface area contributed by atoms with Crippen molar-refractivity contribution in [3.05, 3.63) is 59.8 Å². The third kappa shape index (κ3) is 4.44. The smallest absolute Gasteiger partial charge is 0.374 e. The molecular formula is C16H15N5O4. The molecule has 0 spiro atoms. The molecule has 0 atom stereocenters. The molecule has 3 rings (SSSR count). The number of anilines is 2. The molecule has 3 aromatic rings. The van der Waals surface area contributed by atoms with Crippen molar-refractivity contribution in [3.63, 3.8) is 0 Å². The molecule has 0 radical (unpaired) electrons. The maximum atomic E-state index is 12.0. The average molecular weight is 341 g/mol. The number of ether oxygens (including phenoxy) is 2. The molecule has 0 aliphatic carbocycles. The number of para-hydroxylation sites is 1. The zero-order chi connectivity index (χ0) is 17.6. The van der Waals surface area contributed by atoms with Gasteiger partial charge in [0, 0.05) is 0 Å². The summed E-state index contributed by atoms with van der Waals surface area (Å²) in [5.74, 6) is 0.633. The van der Waals surface area contributed by atoms with Gasteiger partial charge < -0.3 is 25.4 Å². The van der Waals surface area contributed by atoms with E-state index in [9.17, 15) is 4.79 Å². The van der Waals surface area contributed by atoms with Crippen molar-refractivity contribution in [1.82, 2.24) is 15.0 Å². The Bertz CT molecular complexity index is 846. The normalized spacial score (nSPS) is 10.4. The Morgan fingerprint density at radius 1 is 0.960 bits per heavy atom. The lowest BCUT2D eigenvalue weighted by Crippen LogP contribution is -2.10. The van der Waals surface area contributed by atoms with Crippen LogP contribution in [0.3, 0.4) is 0 Å². The Labute approximate surface area is 142 Å². The predicted molar refractivity (Wildman–Crippen MR) is 87.3 cm³/mol. The first-order valence-corrected chi connectivity index (χ1v) is 7.30. The summed E-state index contributed by atoms with van der Waals surface area (Å²) in [5, 5.41) is 0. The van der Waals surface area contributed by atoms with E-state index < -0.39 is 5.97 Å². The lowest BCUT2D eigenvalue weighted by atomic mass is 10.3. The molecule has 0 aliphatic rings. The third-order valence-corrected chi connectivity index (χ3v) is 3.04. The molecule has 2 heterocycles. The Morgan fingerprint density at radius 3 is 2.40 bits per heavy atom. The second kappa shape index (κ2) is 7.30. The van der Waals surface area contributed by atoms with E-state index in [1.165, 1.54) is 6.07 Å². The van der Waals surface area contributed by atoms with Crippen molar-refractivity contribution in [2.75, 3.05) is 11.5 Å². The molecule has 0 saturated heterocycles. The highest BCUT2D eigenvalue weighted by atomic mass is 16.5. The summed E-state index contributed by atoms with van der Waals surface area (Å²) in [7, 11) is 0. The molecule has 0 unspecified atom stereocenters. The van der Waals surface area contributed by atoms with Crippen molar-refractivity contribution in [2.45, 2.75) is 13.2 Å². The molecule has 0 saturated carbocycles. The van der Waals surface area contributed by atoms with E-state index in [1.54, 1.807) is 6.07 Å². The number of nitrogens with zero attached hydrogens (tertiary/aromatic N) is 3. The number of carbonyl (C=O) groups excluding carboxylic acids is 1. The van der Waals surface area contributed by atoms with Gasteiger partial charge >= 0.3 is 5.97 Å². The van der Waals surface area contributed by atoms with Gasteiger partial charge in [-0.15, -0.1) is 0 Å². The van der Waals surface area contributed by atoms with E-state index in [2.05, 4.69) is 15.0 Å². The average Bonchev–Trinajstić information content (AvgIpc) is 3.07. The van der Waals surface area contributed by atoms with Crippen LogP contribution in [0, 0.1) is 0 Å². The maximum Gasteiger partial charge on any atom is 0.374 e. The standard InChI is InChI=1S/C16H15N5O4/c17-15-19-13(20-16(18)21-15)9-24-14(22)12-7-6-11(25-12)8-23-10-4-2-1-3-5-10/h1-7H,8-9H2,(H4,17,18,19,20,21). The molecule has 1 aromatic carbocycles. The van der Waals surface area contributed by atoms with Crippen LogP contribution in [-0.2, 0) is 18.0 Å². The molecule has 128 valence electrons. The molecule has 4 N–H and O–H groups in total. The van der Waals surface area contributed by atoms with Crippen LogP contribution < -0.4 is 16.2 Å². The Kier molecular flexibility index (Phi) is 4.74. The number of carbonyl (C=O) groups is 1. The number of nitrogen functional groups attached to an aromatic ring is 2. The van der Waals surface area contributed by atoms with Gasteiger partial charge in [-0.3, -0.25) is 0 Å². The largest absolute Gasteiger partial charge is 0.486 e. The lowest BCUT2D eigenvalue weighted by Gasteiger charge is -2.04. The number of aromatic nitrogens is 3. The molecule has 0 aliphatic heterocycles. The lowest BCUT2D eigenvalue weighted by molar-refractivity contribution is 0.0421. The first-order chi connectivity index (χ1) is 12.1. The summed E-state index contributed by atoms with van der Waals surface area (Å²) in [6, 6.07) is 12.4. The monoisotopic (exact) mass is 341 g/mol. The van der Waals surface area contributed by atoms with E-state index in [0.717, 1.165) is 0 Å². The quantitative estimate of drug-likeness (QED) is 0.639. The van der Waals surface area contributed by atoms with Crippen LogP contribution in [0.4, 0.5) is 11.9 Å². The second-order valence-corrected chi connectivity index (χ2v) is 4.91. The minimum absolute atomic E-state index is 0.0432. The van der Waals surface area contributed by atoms with E-state index >= 15 is 0 Å². The molecule has 25 heavy (non-hydrogen) atoms. The Morgan fingerprint density at radius 2 is 1.68 bits per heavy atom. The van der Waals surface area contributed by atoms with E-state index in [4.69, 9.17) is 25.4 Å². The van der Waals surface area contributed by atoms with Crippen LogP contribution in [0.25, 0.3) is 0 Å². The van der Waals surface area contributed by atoms with Gasteiger partial charge in [0.05, 0.1) is 0 Å². The van der Waals surface area contributed by atoms with E-state index in [1.807, 2.05) is 30.3 Å². The molecule has 0 bridgehead atoms. The van der Waals surface area contributed by atoms with Crippen molar-refractivity contribution in [3.8, 4) is 5.75 Å². The maximum absolute atomic E-state index is 12.0. The van der Waals surface area contributed by atoms with Crippen LogP contribution in [0.5, 0.6) is 5.75 Å². The fraction of sp³-hybridized carbons (Fsp3) is 0.125. The Balaban J connectivity index is 1.55. The van der Waals surface area contributed by atoms with Gasteiger partial charge in [0.15, 0.2) is 12.4 Å². The van der Waals surface area contributed by atoms with Crippen LogP contribution in [0.15, 0.2) is 46.9 Å². The van der Waals surface area contributed by atoms with Crippen LogP contribution in [-0.4, -0.2) is 20.9 Å². The first-order valence-electron chi connectivity index (χ1n) is 7.30. The van der Waals surface area contributed by atoms with Gasteiger partial charge in [0.25, 0.3) is 0 Å². The first kappa shape index (κ1) is 16.2. The number of esters is 1. The molecule has 0 fully saturated rings. The van der Waals surface area contributed by atoms with Crippen molar-refractivity contribution >= 4 is 17.9 Å². The van der Waals surface area contributed by atoms with Crippen molar-refractivity contribution < 1.29 is 18.7 Å². The van der Waals surface area contributed by atoms with Crippen LogP contribution in [0.2, 0.25) is 0 Å². The van der Waals surface area contributed by atoms with Crippen LogP contribution in [0.1, 0.15) is 22.1 Å². The van der Waals surface area contributed by atoms with Gasteiger partial charge in [0.2, 0.25) is 17.7 Å². The van der Waals surface area contributed by atoms with Crippen molar-refractivity contribution in [2.24, 2.45) is 0 Å². The summed E-state index contributed by atoms with van der Waals surface area (Å²) in [6.07, 6.45) is 0. The minimum Gasteiger partial charge on any atom is -0.486 e. The fourth-order valence-electron chi connectivity index (χ4n) is 1.96. The number of rotatable bonds is 6. The van der Waals surface area contributed by atoms with Gasteiger partial charge in [0.1, 0.15) is 18.1 Å². The fourth-order valence-corrected chi connectivity index (χ4v) is 1.96. The number of benzene rings is 1. The zero-order valence-corrected chi connectivity index (χ0v) is 13.1. The Hall–Kier alpha value is -3.62. The molecule has 0 amide bonds. The summed E-state index contributed by atoms with van der Waals surface area (Å²) >= 11 is 0. The molecular weight excluding hydrogens is 326 g/mol. The van der Waals surface area contributed by atoms with E-state index in [0.29, 0.717) is 11.5 Å². The van der Waals surface area contributed by atoms with Gasteiger partial charge in [-0.05, 0) is 24.3 Å². The zero-order valence-electron chi connectivity index (χ0n) is 13.1. The van der Waals surface area contributed by atoms with Crippen molar-refractivity contribution in [1.29, 1.82) is 0 Å². The summed E-state index contributed by atoms with van der Waals surface area (Å²) in [6.45, 7) is -0.00979. The highest BCUT2D eigenvalue weighted by Crippen LogP contribution is 2.15. The molecule has 9 nitrogen and oxygen atoms in total. The van der Waals surface area contributed by atoms with E-state index in [-0.39, 0.29) is 36.7 Å². The van der Waals surface area contributed by atoms with Gasteiger partial charge in [-0.25, -0.2) is 4.79 Å². The molecule has 9 heteroatoms. The highest BCUT2D eigenvalue weighted by Gasteiger charge is 2.14. The van der Waals surface area contributed by atoms with Crippen LogP contribution >= 0.6 is 0 Å². The minimum atomic E-state index is -0.663. The SMILES string of the molecule is Nc1nc(N)nc(COC(=O)c2ccc(COc3ccccc3)o2)n1. The highest BCUT2D eigenvalue weighted by molar-refractivity contribution is 5.86. The van der Waals surface area contributed by atoms with Gasteiger partial charge in [-0.2, -0.15) is 15.0 Å². The number of hydrogen-bond donors (Lipinski definition) is 2. The molecule has 2 aromatic heterocycles. The predicted octanol–water partition coefficient (Wildman–Crippen LogP) is 1.56. The summed E-state index contributed by atoms with van der Waals surface area (Å²) < 4.78 is 16.0. The third-order valence-electron chi connectivity index (χ3n) is 3.04. The number of nitrogens with two attached hydrogens (primary N) is 2. The topological polar surface area (TPSA) is 139 Å². The summed E-state index contributed by atoms with van der Waals surface area (Å²) in [5.41, 5.74) is 10.9. The second-order valence-electron chi connectivity index (χ2n) is 4.91. The summed E-state index contributed by atoms with van der Waals surface area (Å²) in [4.78, 5) is 23.2. The number of hydrogen-bond acceptors (Lipinski definition) is 9. The number of furan rings is 1.